The predicted molar refractivity (Wildman–Crippen MR) is 58.9 cm³/mol. The van der Waals surface area contributed by atoms with Crippen LogP contribution in [-0.4, -0.2) is 21.5 Å². The van der Waals surface area contributed by atoms with E-state index in [9.17, 15) is 0 Å². The molecule has 11 heavy (non-hydrogen) atoms. The molecule has 0 aromatic heterocycles. The summed E-state index contributed by atoms with van der Waals surface area (Å²) in [6.07, 6.45) is 0. The molecule has 0 radical (unpaired) electrons. The zero-order valence-corrected chi connectivity index (χ0v) is 10.5. The summed E-state index contributed by atoms with van der Waals surface area (Å²) in [4.78, 5) is 0. The number of rotatable bonds is 3. The predicted octanol–water partition coefficient (Wildman–Crippen LogP) is 3.23. The average Bonchev–Trinajstić information content (AvgIpc) is 1.84. The van der Waals surface area contributed by atoms with Gasteiger partial charge < -0.3 is 4.74 Å². The van der Waals surface area contributed by atoms with Gasteiger partial charge in [0.05, 0.1) is 17.1 Å². The van der Waals surface area contributed by atoms with Crippen molar-refractivity contribution < 1.29 is 4.74 Å². The molecule has 68 valence electrons. The Labute approximate surface area is 88.0 Å². The standard InChI is InChI=1S/C8H16ClIO/c1-7(2,3)11-8(4,5-9)6-10/h5-6H2,1-4H3. The first-order chi connectivity index (χ1) is 4.83. The van der Waals surface area contributed by atoms with Crippen molar-refractivity contribution in [2.75, 3.05) is 10.3 Å². The lowest BCUT2D eigenvalue weighted by molar-refractivity contribution is -0.0953. The molecule has 0 heterocycles. The summed E-state index contributed by atoms with van der Waals surface area (Å²) >= 11 is 8.08. The highest BCUT2D eigenvalue weighted by atomic mass is 127. The third kappa shape index (κ3) is 5.26. The van der Waals surface area contributed by atoms with E-state index >= 15 is 0 Å². The minimum atomic E-state index is -0.180. The number of hydrogen-bond acceptors (Lipinski definition) is 1. The van der Waals surface area contributed by atoms with E-state index in [-0.39, 0.29) is 11.2 Å². The molecule has 0 saturated heterocycles. The second kappa shape index (κ2) is 4.28. The first kappa shape index (κ1) is 12.0. The fourth-order valence-corrected chi connectivity index (χ4v) is 1.72. The molecule has 0 N–H and O–H groups in total. The second-order valence-electron chi connectivity index (χ2n) is 3.93. The van der Waals surface area contributed by atoms with Gasteiger partial charge in [0.25, 0.3) is 0 Å². The molecule has 0 bridgehead atoms. The largest absolute Gasteiger partial charge is 0.368 e. The van der Waals surface area contributed by atoms with Gasteiger partial charge in [-0.15, -0.1) is 11.6 Å². The van der Waals surface area contributed by atoms with Gasteiger partial charge in [-0.1, -0.05) is 22.6 Å². The van der Waals surface area contributed by atoms with Crippen LogP contribution < -0.4 is 0 Å². The van der Waals surface area contributed by atoms with E-state index in [0.717, 1.165) is 4.43 Å². The highest BCUT2D eigenvalue weighted by Crippen LogP contribution is 2.23. The summed E-state index contributed by atoms with van der Waals surface area (Å²) in [6, 6.07) is 0. The Hall–Kier alpha value is 0.980. The zero-order chi connectivity index (χ0) is 9.12. The summed E-state index contributed by atoms with van der Waals surface area (Å²) < 4.78 is 6.71. The Morgan fingerprint density at radius 3 is 1.82 bits per heavy atom. The van der Waals surface area contributed by atoms with Crippen LogP contribution in [-0.2, 0) is 4.74 Å². The quantitative estimate of drug-likeness (QED) is 0.573. The first-order valence-electron chi connectivity index (χ1n) is 3.65. The van der Waals surface area contributed by atoms with Crippen molar-refractivity contribution in [1.29, 1.82) is 0 Å². The molecule has 0 rings (SSSR count). The summed E-state index contributed by atoms with van der Waals surface area (Å²) in [5, 5.41) is 0. The Balaban J connectivity index is 4.08. The van der Waals surface area contributed by atoms with E-state index in [0.29, 0.717) is 5.88 Å². The molecule has 0 spiro atoms. The molecule has 0 saturated carbocycles. The van der Waals surface area contributed by atoms with Crippen LogP contribution >= 0.6 is 34.2 Å². The highest BCUT2D eigenvalue weighted by molar-refractivity contribution is 14.1. The normalized spacial score (nSPS) is 18.0. The van der Waals surface area contributed by atoms with Gasteiger partial charge in [0.15, 0.2) is 0 Å². The van der Waals surface area contributed by atoms with Gasteiger partial charge in [0, 0.05) is 4.43 Å². The van der Waals surface area contributed by atoms with Crippen LogP contribution in [0.1, 0.15) is 27.7 Å². The van der Waals surface area contributed by atoms with E-state index in [1.165, 1.54) is 0 Å². The van der Waals surface area contributed by atoms with E-state index < -0.39 is 0 Å². The van der Waals surface area contributed by atoms with Crippen LogP contribution in [0, 0.1) is 0 Å². The van der Waals surface area contributed by atoms with Gasteiger partial charge in [-0.25, -0.2) is 0 Å². The average molecular weight is 291 g/mol. The van der Waals surface area contributed by atoms with Gasteiger partial charge >= 0.3 is 0 Å². The van der Waals surface area contributed by atoms with Crippen LogP contribution in [0.25, 0.3) is 0 Å². The Morgan fingerprint density at radius 1 is 1.27 bits per heavy atom. The van der Waals surface area contributed by atoms with Gasteiger partial charge in [-0.05, 0) is 27.7 Å². The van der Waals surface area contributed by atoms with Crippen LogP contribution in [0.3, 0.4) is 0 Å². The van der Waals surface area contributed by atoms with Gasteiger partial charge in [0.1, 0.15) is 0 Å². The van der Waals surface area contributed by atoms with Gasteiger partial charge in [0.2, 0.25) is 0 Å². The van der Waals surface area contributed by atoms with E-state index in [2.05, 4.69) is 22.6 Å². The van der Waals surface area contributed by atoms with Crippen molar-refractivity contribution >= 4 is 34.2 Å². The lowest BCUT2D eigenvalue weighted by Crippen LogP contribution is -2.40. The van der Waals surface area contributed by atoms with E-state index in [1.807, 2.05) is 27.7 Å². The van der Waals surface area contributed by atoms with Crippen molar-refractivity contribution in [3.8, 4) is 0 Å². The number of halogens is 2. The van der Waals surface area contributed by atoms with Crippen molar-refractivity contribution in [2.45, 2.75) is 38.9 Å². The lowest BCUT2D eigenvalue weighted by atomic mass is 10.1. The second-order valence-corrected chi connectivity index (χ2v) is 4.96. The molecule has 0 aromatic carbocycles. The molecule has 1 unspecified atom stereocenters. The summed E-state index contributed by atoms with van der Waals surface area (Å²) in [6.45, 7) is 8.18. The number of alkyl halides is 2. The topological polar surface area (TPSA) is 9.23 Å². The zero-order valence-electron chi connectivity index (χ0n) is 7.58. The molecule has 1 atom stereocenters. The molecule has 0 aromatic rings. The first-order valence-corrected chi connectivity index (χ1v) is 5.71. The fraction of sp³-hybridized carbons (Fsp3) is 1.00. The molecular weight excluding hydrogens is 274 g/mol. The molecule has 3 heteroatoms. The maximum Gasteiger partial charge on any atom is 0.0885 e. The summed E-state index contributed by atoms with van der Waals surface area (Å²) in [7, 11) is 0. The summed E-state index contributed by atoms with van der Waals surface area (Å²) in [5.41, 5.74) is -0.283. The molecular formula is C8H16ClIO. The monoisotopic (exact) mass is 290 g/mol. The lowest BCUT2D eigenvalue weighted by Gasteiger charge is -2.33. The molecule has 0 amide bonds. The molecule has 0 aliphatic carbocycles. The van der Waals surface area contributed by atoms with Crippen LogP contribution in [0.5, 0.6) is 0 Å². The number of ether oxygens (including phenoxy) is 1. The molecule has 1 nitrogen and oxygen atoms in total. The van der Waals surface area contributed by atoms with E-state index in [4.69, 9.17) is 16.3 Å². The Kier molecular flexibility index (Phi) is 4.66. The van der Waals surface area contributed by atoms with Crippen molar-refractivity contribution in [1.82, 2.24) is 0 Å². The van der Waals surface area contributed by atoms with Crippen LogP contribution in [0.2, 0.25) is 0 Å². The van der Waals surface area contributed by atoms with Crippen molar-refractivity contribution in [2.24, 2.45) is 0 Å². The SMILES string of the molecule is CC(C)(C)OC(C)(CCl)CI. The van der Waals surface area contributed by atoms with E-state index in [1.54, 1.807) is 0 Å². The molecule has 0 aliphatic rings. The fourth-order valence-electron chi connectivity index (χ4n) is 0.829. The van der Waals surface area contributed by atoms with Crippen molar-refractivity contribution in [3.63, 3.8) is 0 Å². The number of hydrogen-bond donors (Lipinski definition) is 0. The smallest absolute Gasteiger partial charge is 0.0885 e. The third-order valence-electron chi connectivity index (χ3n) is 1.12. The Morgan fingerprint density at radius 2 is 1.73 bits per heavy atom. The van der Waals surface area contributed by atoms with Gasteiger partial charge in [-0.3, -0.25) is 0 Å². The maximum absolute atomic E-state index is 5.79. The van der Waals surface area contributed by atoms with Crippen molar-refractivity contribution in [3.05, 3.63) is 0 Å². The minimum Gasteiger partial charge on any atom is -0.368 e. The van der Waals surface area contributed by atoms with Crippen LogP contribution in [0.15, 0.2) is 0 Å². The Bertz CT molecular complexity index is 116. The third-order valence-corrected chi connectivity index (χ3v) is 3.30. The minimum absolute atomic E-state index is 0.102. The molecule has 0 aliphatic heterocycles. The van der Waals surface area contributed by atoms with Gasteiger partial charge in [-0.2, -0.15) is 0 Å². The maximum atomic E-state index is 5.79. The molecule has 0 fully saturated rings. The summed E-state index contributed by atoms with van der Waals surface area (Å²) in [5.74, 6) is 0.549. The van der Waals surface area contributed by atoms with Crippen LogP contribution in [0.4, 0.5) is 0 Å². The highest BCUT2D eigenvalue weighted by Gasteiger charge is 2.28.